The molecule has 84 valence electrons. The van der Waals surface area contributed by atoms with Crippen LogP contribution >= 0.6 is 11.8 Å². The van der Waals surface area contributed by atoms with Crippen molar-refractivity contribution < 1.29 is 14.6 Å². The molecular weight excluding hydrogens is 212 g/mol. The topological polar surface area (TPSA) is 38.7 Å². The number of hydrogen-bond donors (Lipinski definition) is 1. The van der Waals surface area contributed by atoms with Crippen molar-refractivity contribution in [1.82, 2.24) is 0 Å². The van der Waals surface area contributed by atoms with Crippen LogP contribution in [-0.2, 0) is 4.74 Å². The Morgan fingerprint density at radius 1 is 1.33 bits per heavy atom. The lowest BCUT2D eigenvalue weighted by Crippen LogP contribution is -2.02. The number of ether oxygens (including phenoxy) is 2. The predicted molar refractivity (Wildman–Crippen MR) is 61.6 cm³/mol. The van der Waals surface area contributed by atoms with Crippen LogP contribution in [0.1, 0.15) is 0 Å². The number of hydrogen-bond acceptors (Lipinski definition) is 4. The van der Waals surface area contributed by atoms with E-state index in [1.165, 1.54) is 4.90 Å². The number of aliphatic hydroxyl groups excluding tert-OH is 1. The second-order valence-corrected chi connectivity index (χ2v) is 4.03. The molecule has 1 aromatic carbocycles. The molecule has 0 atom stereocenters. The van der Waals surface area contributed by atoms with Crippen molar-refractivity contribution >= 4 is 11.8 Å². The summed E-state index contributed by atoms with van der Waals surface area (Å²) in [5, 5.41) is 8.50. The number of thioether (sulfide) groups is 1. The van der Waals surface area contributed by atoms with Gasteiger partial charge >= 0.3 is 0 Å². The molecule has 1 aromatic rings. The first-order chi connectivity index (χ1) is 7.36. The number of methoxy groups -OCH3 is 1. The minimum absolute atomic E-state index is 0.0871. The Morgan fingerprint density at radius 2 is 2.20 bits per heavy atom. The summed E-state index contributed by atoms with van der Waals surface area (Å²) < 4.78 is 10.3. The van der Waals surface area contributed by atoms with E-state index in [2.05, 4.69) is 0 Å². The highest BCUT2D eigenvalue weighted by Crippen LogP contribution is 2.22. The van der Waals surface area contributed by atoms with E-state index in [4.69, 9.17) is 14.6 Å². The van der Waals surface area contributed by atoms with Gasteiger partial charge in [0.1, 0.15) is 5.75 Å². The predicted octanol–water partition coefficient (Wildman–Crippen LogP) is 1.80. The third-order valence-electron chi connectivity index (χ3n) is 1.77. The molecule has 0 heterocycles. The second-order valence-electron chi connectivity index (χ2n) is 2.86. The molecular formula is C11H16O3S. The van der Waals surface area contributed by atoms with Gasteiger partial charge < -0.3 is 14.6 Å². The normalized spacial score (nSPS) is 10.3. The quantitative estimate of drug-likeness (QED) is 0.570. The van der Waals surface area contributed by atoms with E-state index in [1.54, 1.807) is 18.9 Å². The summed E-state index contributed by atoms with van der Waals surface area (Å²) >= 11 is 1.71. The summed E-state index contributed by atoms with van der Waals surface area (Å²) in [4.78, 5) is 1.17. The average Bonchev–Trinajstić information content (AvgIpc) is 2.29. The van der Waals surface area contributed by atoms with Gasteiger partial charge in [-0.25, -0.2) is 0 Å². The van der Waals surface area contributed by atoms with Crippen molar-refractivity contribution in [2.75, 3.05) is 32.7 Å². The fourth-order valence-corrected chi connectivity index (χ4v) is 1.89. The largest absolute Gasteiger partial charge is 0.497 e. The molecule has 15 heavy (non-hydrogen) atoms. The van der Waals surface area contributed by atoms with Crippen LogP contribution in [0.2, 0.25) is 0 Å². The molecule has 4 heteroatoms. The van der Waals surface area contributed by atoms with Crippen LogP contribution in [0.5, 0.6) is 5.75 Å². The third kappa shape index (κ3) is 5.06. The summed E-state index contributed by atoms with van der Waals surface area (Å²) in [5.74, 6) is 1.75. The molecule has 1 N–H and O–H groups in total. The lowest BCUT2D eigenvalue weighted by molar-refractivity contribution is 0.103. The summed E-state index contributed by atoms with van der Waals surface area (Å²) in [6, 6.07) is 7.93. The van der Waals surface area contributed by atoms with Crippen LogP contribution < -0.4 is 4.74 Å². The Morgan fingerprint density at radius 3 is 2.93 bits per heavy atom. The average molecular weight is 228 g/mol. The first kappa shape index (κ1) is 12.4. The SMILES string of the molecule is COc1cccc(SCCOCCO)c1. The first-order valence-electron chi connectivity index (χ1n) is 4.82. The van der Waals surface area contributed by atoms with Crippen LogP contribution in [-0.4, -0.2) is 37.8 Å². The lowest BCUT2D eigenvalue weighted by Gasteiger charge is -2.04. The fourth-order valence-electron chi connectivity index (χ4n) is 1.08. The van der Waals surface area contributed by atoms with E-state index in [0.717, 1.165) is 11.5 Å². The second kappa shape index (κ2) is 7.56. The van der Waals surface area contributed by atoms with Crippen LogP contribution in [0.25, 0.3) is 0 Å². The van der Waals surface area contributed by atoms with E-state index in [1.807, 2.05) is 24.3 Å². The van der Waals surface area contributed by atoms with Gasteiger partial charge in [0.2, 0.25) is 0 Å². The van der Waals surface area contributed by atoms with Crippen LogP contribution in [0.15, 0.2) is 29.2 Å². The zero-order valence-corrected chi connectivity index (χ0v) is 9.63. The highest BCUT2D eigenvalue weighted by atomic mass is 32.2. The molecule has 1 rings (SSSR count). The Hall–Kier alpha value is -0.710. The van der Waals surface area contributed by atoms with Gasteiger partial charge in [-0.1, -0.05) is 6.07 Å². The Balaban J connectivity index is 2.24. The van der Waals surface area contributed by atoms with E-state index in [0.29, 0.717) is 13.2 Å². The van der Waals surface area contributed by atoms with Crippen molar-refractivity contribution in [2.45, 2.75) is 4.90 Å². The van der Waals surface area contributed by atoms with E-state index in [-0.39, 0.29) is 6.61 Å². The monoisotopic (exact) mass is 228 g/mol. The third-order valence-corrected chi connectivity index (χ3v) is 2.73. The summed E-state index contributed by atoms with van der Waals surface area (Å²) in [7, 11) is 1.66. The molecule has 0 saturated heterocycles. The maximum absolute atomic E-state index is 8.50. The molecule has 0 saturated carbocycles. The molecule has 0 amide bonds. The van der Waals surface area contributed by atoms with Gasteiger partial charge in [-0.3, -0.25) is 0 Å². The van der Waals surface area contributed by atoms with Crippen LogP contribution in [0.3, 0.4) is 0 Å². The van der Waals surface area contributed by atoms with Gasteiger partial charge in [0.25, 0.3) is 0 Å². The van der Waals surface area contributed by atoms with Gasteiger partial charge in [-0.2, -0.15) is 0 Å². The van der Waals surface area contributed by atoms with Crippen molar-refractivity contribution in [1.29, 1.82) is 0 Å². The first-order valence-corrected chi connectivity index (χ1v) is 5.81. The number of rotatable bonds is 7. The van der Waals surface area contributed by atoms with Gasteiger partial charge in [-0.15, -0.1) is 11.8 Å². The zero-order chi connectivity index (χ0) is 10.9. The fraction of sp³-hybridized carbons (Fsp3) is 0.455. The maximum atomic E-state index is 8.50. The van der Waals surface area contributed by atoms with E-state index >= 15 is 0 Å². The smallest absolute Gasteiger partial charge is 0.119 e. The molecule has 0 aromatic heterocycles. The molecule has 0 spiro atoms. The van der Waals surface area contributed by atoms with E-state index < -0.39 is 0 Å². The van der Waals surface area contributed by atoms with Crippen molar-refractivity contribution in [3.63, 3.8) is 0 Å². The molecule has 0 bridgehead atoms. The van der Waals surface area contributed by atoms with Gasteiger partial charge in [0.05, 0.1) is 26.9 Å². The van der Waals surface area contributed by atoms with Crippen molar-refractivity contribution in [3.8, 4) is 5.75 Å². The zero-order valence-electron chi connectivity index (χ0n) is 8.81. The lowest BCUT2D eigenvalue weighted by atomic mass is 10.3. The molecule has 0 aliphatic heterocycles. The maximum Gasteiger partial charge on any atom is 0.119 e. The summed E-state index contributed by atoms with van der Waals surface area (Å²) in [5.41, 5.74) is 0. The van der Waals surface area contributed by atoms with Gasteiger partial charge in [0.15, 0.2) is 0 Å². The summed E-state index contributed by atoms with van der Waals surface area (Å²) in [6.45, 7) is 1.16. The van der Waals surface area contributed by atoms with Crippen LogP contribution in [0.4, 0.5) is 0 Å². The minimum atomic E-state index is 0.0871. The Kier molecular flexibility index (Phi) is 6.23. The van der Waals surface area contributed by atoms with E-state index in [9.17, 15) is 0 Å². The standard InChI is InChI=1S/C11H16O3S/c1-13-10-3-2-4-11(9-10)15-8-7-14-6-5-12/h2-4,9,12H,5-8H2,1H3. The molecule has 0 aliphatic rings. The molecule has 0 radical (unpaired) electrons. The number of benzene rings is 1. The minimum Gasteiger partial charge on any atom is -0.497 e. The van der Waals surface area contributed by atoms with Crippen molar-refractivity contribution in [3.05, 3.63) is 24.3 Å². The van der Waals surface area contributed by atoms with Crippen molar-refractivity contribution in [2.24, 2.45) is 0 Å². The van der Waals surface area contributed by atoms with Crippen LogP contribution in [0, 0.1) is 0 Å². The summed E-state index contributed by atoms with van der Waals surface area (Å²) in [6.07, 6.45) is 0. The highest BCUT2D eigenvalue weighted by molar-refractivity contribution is 7.99. The number of aliphatic hydroxyl groups is 1. The highest BCUT2D eigenvalue weighted by Gasteiger charge is 1.96. The Bertz CT molecular complexity index is 278. The molecule has 0 aliphatic carbocycles. The molecule has 0 fully saturated rings. The van der Waals surface area contributed by atoms with Gasteiger partial charge in [0, 0.05) is 10.6 Å². The van der Waals surface area contributed by atoms with Gasteiger partial charge in [-0.05, 0) is 18.2 Å². The Labute approximate surface area is 94.4 Å². The molecule has 3 nitrogen and oxygen atoms in total. The molecule has 0 unspecified atom stereocenters.